The van der Waals surface area contributed by atoms with Crippen LogP contribution in [-0.4, -0.2) is 22.8 Å². The van der Waals surface area contributed by atoms with Gasteiger partial charge >= 0.3 is 0 Å². The van der Waals surface area contributed by atoms with Gasteiger partial charge in [-0.15, -0.1) is 0 Å². The van der Waals surface area contributed by atoms with Crippen molar-refractivity contribution in [1.29, 1.82) is 0 Å². The van der Waals surface area contributed by atoms with Crippen molar-refractivity contribution in [3.63, 3.8) is 0 Å². The van der Waals surface area contributed by atoms with E-state index in [0.717, 1.165) is 0 Å². The molecule has 0 bridgehead atoms. The molecule has 92 valence electrons. The second-order valence-electron chi connectivity index (χ2n) is 3.92. The molecule has 0 saturated carbocycles. The summed E-state index contributed by atoms with van der Waals surface area (Å²) in [4.78, 5) is 11.2. The lowest BCUT2D eigenvalue weighted by molar-refractivity contribution is -0.136. The fourth-order valence-electron chi connectivity index (χ4n) is 0.911. The molecular weight excluding hydrogens is 291 g/mol. The summed E-state index contributed by atoms with van der Waals surface area (Å²) in [5, 5.41) is 12.9. The number of hydrogen-bond donors (Lipinski definition) is 2. The van der Waals surface area contributed by atoms with Gasteiger partial charge in [-0.3, -0.25) is 4.79 Å². The highest BCUT2D eigenvalue weighted by Gasteiger charge is 2.22. The predicted octanol–water partition coefficient (Wildman–Crippen LogP) is 1.81. The molecule has 0 aliphatic heterocycles. The number of rotatable bonds is 3. The van der Waals surface area contributed by atoms with E-state index < -0.39 is 17.3 Å². The first-order chi connectivity index (χ1) is 7.80. The van der Waals surface area contributed by atoms with E-state index in [1.807, 2.05) is 0 Å². The smallest absolute Gasteiger partial charge is 0.271 e. The highest BCUT2D eigenvalue weighted by Crippen LogP contribution is 2.13. The molecule has 4 nitrogen and oxygen atoms in total. The van der Waals surface area contributed by atoms with Gasteiger partial charge in [0.05, 0.1) is 6.21 Å². The van der Waals surface area contributed by atoms with Crippen molar-refractivity contribution in [2.24, 2.45) is 5.10 Å². The first kappa shape index (κ1) is 13.8. The van der Waals surface area contributed by atoms with E-state index in [2.05, 4.69) is 26.5 Å². The molecule has 0 aromatic heterocycles. The van der Waals surface area contributed by atoms with Crippen LogP contribution in [0.2, 0.25) is 0 Å². The van der Waals surface area contributed by atoms with Gasteiger partial charge in [-0.25, -0.2) is 9.82 Å². The minimum absolute atomic E-state index is 0.232. The van der Waals surface area contributed by atoms with Crippen molar-refractivity contribution < 1.29 is 14.3 Å². The Hall–Kier alpha value is -1.27. The Balaban J connectivity index is 2.72. The fraction of sp³-hybridized carbons (Fsp3) is 0.273. The Bertz CT molecular complexity index is 455. The summed E-state index contributed by atoms with van der Waals surface area (Å²) in [6.07, 6.45) is 1.17. The lowest BCUT2D eigenvalue weighted by atomic mass is 10.1. The summed E-state index contributed by atoms with van der Waals surface area (Å²) in [5.41, 5.74) is 0.827. The van der Waals surface area contributed by atoms with Gasteiger partial charge in [-0.05, 0) is 32.0 Å². The summed E-state index contributed by atoms with van der Waals surface area (Å²) >= 11 is 3.19. The third kappa shape index (κ3) is 4.24. The Labute approximate surface area is 107 Å². The Morgan fingerprint density at radius 1 is 1.59 bits per heavy atom. The number of aliphatic hydroxyl groups is 1. The van der Waals surface area contributed by atoms with Crippen LogP contribution in [-0.2, 0) is 4.79 Å². The highest BCUT2D eigenvalue weighted by molar-refractivity contribution is 9.10. The van der Waals surface area contributed by atoms with E-state index in [-0.39, 0.29) is 5.56 Å². The van der Waals surface area contributed by atoms with Crippen LogP contribution in [0.4, 0.5) is 4.39 Å². The largest absolute Gasteiger partial charge is 0.381 e. The van der Waals surface area contributed by atoms with E-state index >= 15 is 0 Å². The number of benzene rings is 1. The Morgan fingerprint density at radius 2 is 2.24 bits per heavy atom. The maximum absolute atomic E-state index is 13.3. The molecule has 0 radical (unpaired) electrons. The van der Waals surface area contributed by atoms with Crippen molar-refractivity contribution in [2.75, 3.05) is 0 Å². The molecule has 0 heterocycles. The van der Waals surface area contributed by atoms with Crippen molar-refractivity contribution >= 4 is 28.1 Å². The molecule has 0 aliphatic rings. The van der Waals surface area contributed by atoms with E-state index in [4.69, 9.17) is 0 Å². The summed E-state index contributed by atoms with van der Waals surface area (Å²) < 4.78 is 14.0. The molecule has 0 spiro atoms. The first-order valence-electron chi connectivity index (χ1n) is 4.81. The number of hydrogen-bond acceptors (Lipinski definition) is 3. The molecule has 1 amide bonds. The molecule has 0 aliphatic carbocycles. The monoisotopic (exact) mass is 302 g/mol. The van der Waals surface area contributed by atoms with Gasteiger partial charge in [0, 0.05) is 10.0 Å². The number of hydrazone groups is 1. The van der Waals surface area contributed by atoms with Crippen molar-refractivity contribution in [3.8, 4) is 0 Å². The SMILES string of the molecule is CC(C)(O)C(=O)N/N=C\c1cc(Br)ccc1F. The average molecular weight is 303 g/mol. The molecule has 0 atom stereocenters. The molecule has 0 saturated heterocycles. The fourth-order valence-corrected chi connectivity index (χ4v) is 1.29. The second kappa shape index (κ2) is 5.37. The van der Waals surface area contributed by atoms with Crippen LogP contribution in [0.25, 0.3) is 0 Å². The van der Waals surface area contributed by atoms with Gasteiger partial charge in [-0.1, -0.05) is 15.9 Å². The van der Waals surface area contributed by atoms with Crippen LogP contribution >= 0.6 is 15.9 Å². The molecule has 1 rings (SSSR count). The van der Waals surface area contributed by atoms with E-state index in [1.54, 1.807) is 6.07 Å². The number of nitrogens with zero attached hydrogens (tertiary/aromatic N) is 1. The molecular formula is C11H12BrFN2O2. The first-order valence-corrected chi connectivity index (χ1v) is 5.61. The lowest BCUT2D eigenvalue weighted by Gasteiger charge is -2.13. The van der Waals surface area contributed by atoms with Crippen LogP contribution in [0, 0.1) is 5.82 Å². The third-order valence-electron chi connectivity index (χ3n) is 1.88. The summed E-state index contributed by atoms with van der Waals surface area (Å²) in [6.45, 7) is 2.66. The van der Waals surface area contributed by atoms with Crippen LogP contribution in [0.1, 0.15) is 19.4 Å². The second-order valence-corrected chi connectivity index (χ2v) is 4.84. The molecule has 17 heavy (non-hydrogen) atoms. The summed E-state index contributed by atoms with van der Waals surface area (Å²) in [5.74, 6) is -1.11. The standard InChI is InChI=1S/C11H12BrFN2O2/c1-11(2,17)10(16)15-14-6-7-5-8(12)3-4-9(7)13/h3-6,17H,1-2H3,(H,15,16)/b14-6-. The molecule has 1 aromatic carbocycles. The maximum Gasteiger partial charge on any atom is 0.271 e. The van der Waals surface area contributed by atoms with Gasteiger partial charge in [0.2, 0.25) is 0 Å². The number of amides is 1. The summed E-state index contributed by atoms with van der Waals surface area (Å²) in [7, 11) is 0. The van der Waals surface area contributed by atoms with Gasteiger partial charge in [0.25, 0.3) is 5.91 Å². The minimum Gasteiger partial charge on any atom is -0.381 e. The zero-order valence-corrected chi connectivity index (χ0v) is 11.0. The Morgan fingerprint density at radius 3 is 2.82 bits per heavy atom. The topological polar surface area (TPSA) is 61.7 Å². The number of nitrogens with one attached hydrogen (secondary N) is 1. The van der Waals surface area contributed by atoms with Gasteiger partial charge < -0.3 is 5.11 Å². The van der Waals surface area contributed by atoms with Crippen LogP contribution in [0.15, 0.2) is 27.8 Å². The highest BCUT2D eigenvalue weighted by atomic mass is 79.9. The molecule has 0 unspecified atom stereocenters. The van der Waals surface area contributed by atoms with Crippen LogP contribution < -0.4 is 5.43 Å². The predicted molar refractivity (Wildman–Crippen MR) is 66.1 cm³/mol. The van der Waals surface area contributed by atoms with E-state index in [1.165, 1.54) is 32.2 Å². The maximum atomic E-state index is 13.3. The van der Waals surface area contributed by atoms with Crippen LogP contribution in [0.5, 0.6) is 0 Å². The molecule has 2 N–H and O–H groups in total. The minimum atomic E-state index is -1.52. The molecule has 0 fully saturated rings. The van der Waals surface area contributed by atoms with Gasteiger partial charge in [0.15, 0.2) is 0 Å². The average Bonchev–Trinajstić information content (AvgIpc) is 2.21. The normalized spacial score (nSPS) is 11.8. The van der Waals surface area contributed by atoms with Crippen LogP contribution in [0.3, 0.4) is 0 Å². The third-order valence-corrected chi connectivity index (χ3v) is 2.38. The number of halogens is 2. The van der Waals surface area contributed by atoms with Crippen molar-refractivity contribution in [2.45, 2.75) is 19.4 Å². The Kier molecular flexibility index (Phi) is 4.36. The molecule has 1 aromatic rings. The van der Waals surface area contributed by atoms with E-state index in [0.29, 0.717) is 4.47 Å². The zero-order valence-electron chi connectivity index (χ0n) is 9.37. The summed E-state index contributed by atoms with van der Waals surface area (Å²) in [6, 6.07) is 4.36. The number of carbonyl (C=O) groups excluding carboxylic acids is 1. The lowest BCUT2D eigenvalue weighted by Crippen LogP contribution is -2.39. The van der Waals surface area contributed by atoms with E-state index in [9.17, 15) is 14.3 Å². The zero-order chi connectivity index (χ0) is 13.1. The van der Waals surface area contributed by atoms with Gasteiger partial charge in [-0.2, -0.15) is 5.10 Å². The van der Waals surface area contributed by atoms with Gasteiger partial charge in [0.1, 0.15) is 11.4 Å². The quantitative estimate of drug-likeness (QED) is 0.661. The number of carbonyl (C=O) groups is 1. The molecule has 6 heteroatoms. The van der Waals surface area contributed by atoms with Crippen molar-refractivity contribution in [1.82, 2.24) is 5.43 Å². The van der Waals surface area contributed by atoms with Crippen molar-refractivity contribution in [3.05, 3.63) is 34.1 Å².